The van der Waals surface area contributed by atoms with Crippen LogP contribution in [0.25, 0.3) is 11.1 Å². The first-order chi connectivity index (χ1) is 17.6. The van der Waals surface area contributed by atoms with Crippen molar-refractivity contribution in [2.24, 2.45) is 11.3 Å². The van der Waals surface area contributed by atoms with Gasteiger partial charge in [-0.05, 0) is 62.6 Å². The lowest BCUT2D eigenvalue weighted by atomic mass is 9.83. The number of carbonyl (C=O) groups is 2. The van der Waals surface area contributed by atoms with E-state index in [4.69, 9.17) is 0 Å². The second kappa shape index (κ2) is 9.74. The van der Waals surface area contributed by atoms with E-state index in [1.54, 1.807) is 32.3 Å². The molecule has 2 fully saturated rings. The van der Waals surface area contributed by atoms with E-state index >= 15 is 0 Å². The smallest absolute Gasteiger partial charge is 0.233 e. The maximum absolute atomic E-state index is 13.1. The number of pyridine rings is 1. The zero-order valence-electron chi connectivity index (χ0n) is 21.8. The Labute approximate surface area is 217 Å². The molecule has 0 spiro atoms. The van der Waals surface area contributed by atoms with Crippen LogP contribution in [0.2, 0.25) is 0 Å². The Balaban J connectivity index is 1.22. The highest BCUT2D eigenvalue weighted by atomic mass is 16.3. The fourth-order valence-corrected chi connectivity index (χ4v) is 5.12. The monoisotopic (exact) mass is 501 g/mol. The molecule has 1 aliphatic carbocycles. The lowest BCUT2D eigenvalue weighted by molar-refractivity contribution is -0.125. The van der Waals surface area contributed by atoms with Crippen LogP contribution in [-0.4, -0.2) is 43.8 Å². The number of hydrogen-bond donors (Lipinski definition) is 2. The maximum atomic E-state index is 13.1. The van der Waals surface area contributed by atoms with Crippen LogP contribution in [-0.2, 0) is 22.6 Å². The molecule has 8 heteroatoms. The minimum Gasteiger partial charge on any atom is -0.390 e. The van der Waals surface area contributed by atoms with E-state index in [0.717, 1.165) is 41.6 Å². The molecule has 37 heavy (non-hydrogen) atoms. The number of carbonyl (C=O) groups excluding carboxylic acids is 2. The van der Waals surface area contributed by atoms with Gasteiger partial charge in [-0.1, -0.05) is 31.2 Å². The molecule has 2 N–H and O–H groups in total. The minimum absolute atomic E-state index is 0.168. The van der Waals surface area contributed by atoms with Crippen molar-refractivity contribution < 1.29 is 14.7 Å². The van der Waals surface area contributed by atoms with Crippen LogP contribution in [0.15, 0.2) is 55.0 Å². The third-order valence-electron chi connectivity index (χ3n) is 7.60. The number of aliphatic hydroxyl groups is 1. The number of aryl methyl sites for hydroxylation is 1. The third-order valence-corrected chi connectivity index (χ3v) is 7.60. The maximum Gasteiger partial charge on any atom is 0.233 e. The van der Waals surface area contributed by atoms with Gasteiger partial charge in [-0.15, -0.1) is 0 Å². The number of amides is 2. The van der Waals surface area contributed by atoms with Crippen molar-refractivity contribution in [1.29, 1.82) is 0 Å². The lowest BCUT2D eigenvalue weighted by Gasteiger charge is -2.23. The van der Waals surface area contributed by atoms with Crippen molar-refractivity contribution in [2.75, 3.05) is 16.8 Å². The molecule has 0 unspecified atom stereocenters. The number of anilines is 2. The molecule has 194 valence electrons. The largest absolute Gasteiger partial charge is 0.390 e. The number of rotatable bonds is 9. The van der Waals surface area contributed by atoms with Crippen molar-refractivity contribution in [2.45, 2.75) is 65.0 Å². The van der Waals surface area contributed by atoms with Crippen LogP contribution in [0, 0.1) is 11.3 Å². The summed E-state index contributed by atoms with van der Waals surface area (Å²) in [7, 11) is 0. The van der Waals surface area contributed by atoms with Gasteiger partial charge in [0.1, 0.15) is 5.82 Å². The molecule has 2 aliphatic rings. The van der Waals surface area contributed by atoms with E-state index in [2.05, 4.69) is 22.3 Å². The molecule has 1 atom stereocenters. The average molecular weight is 502 g/mol. The molecule has 2 amide bonds. The average Bonchev–Trinajstić information content (AvgIpc) is 3.53. The van der Waals surface area contributed by atoms with Gasteiger partial charge in [0.15, 0.2) is 0 Å². The van der Waals surface area contributed by atoms with Crippen LogP contribution in [0.1, 0.15) is 52.0 Å². The molecule has 3 heterocycles. The summed E-state index contributed by atoms with van der Waals surface area (Å²) in [6, 6.07) is 11.5. The second-order valence-corrected chi connectivity index (χ2v) is 11.3. The zero-order valence-corrected chi connectivity index (χ0v) is 21.8. The van der Waals surface area contributed by atoms with Crippen molar-refractivity contribution in [3.8, 4) is 11.1 Å². The summed E-state index contributed by atoms with van der Waals surface area (Å²) in [6.45, 7) is 6.99. The van der Waals surface area contributed by atoms with E-state index in [9.17, 15) is 14.7 Å². The number of nitrogens with one attached hydrogen (secondary N) is 1. The molecule has 1 saturated carbocycles. The van der Waals surface area contributed by atoms with Gasteiger partial charge in [-0.3, -0.25) is 14.3 Å². The molecule has 5 rings (SSSR count). The normalized spacial score (nSPS) is 19.9. The third kappa shape index (κ3) is 5.74. The molecule has 2 aromatic heterocycles. The molecule has 1 saturated heterocycles. The Bertz CT molecular complexity index is 1310. The molecule has 1 aliphatic heterocycles. The predicted molar refractivity (Wildman–Crippen MR) is 143 cm³/mol. The summed E-state index contributed by atoms with van der Waals surface area (Å²) in [6.07, 6.45) is 9.35. The molecule has 0 radical (unpaired) electrons. The first kappa shape index (κ1) is 25.1. The number of aromatic nitrogens is 3. The van der Waals surface area contributed by atoms with Crippen molar-refractivity contribution in [3.05, 3.63) is 60.6 Å². The zero-order chi connectivity index (χ0) is 26.2. The Morgan fingerprint density at radius 1 is 1.22 bits per heavy atom. The van der Waals surface area contributed by atoms with Crippen molar-refractivity contribution in [1.82, 2.24) is 14.8 Å². The Morgan fingerprint density at radius 3 is 2.78 bits per heavy atom. The van der Waals surface area contributed by atoms with Crippen LogP contribution in [0.3, 0.4) is 0 Å². The predicted octanol–water partition coefficient (Wildman–Crippen LogP) is 4.44. The fraction of sp³-hybridized carbons (Fsp3) is 0.448. The quantitative estimate of drug-likeness (QED) is 0.452. The van der Waals surface area contributed by atoms with Crippen LogP contribution < -0.4 is 10.2 Å². The van der Waals surface area contributed by atoms with Gasteiger partial charge >= 0.3 is 0 Å². The van der Waals surface area contributed by atoms with Crippen LogP contribution in [0.5, 0.6) is 0 Å². The highest BCUT2D eigenvalue weighted by Crippen LogP contribution is 2.51. The van der Waals surface area contributed by atoms with E-state index in [1.807, 2.05) is 46.1 Å². The highest BCUT2D eigenvalue weighted by molar-refractivity contribution is 6.00. The second-order valence-electron chi connectivity index (χ2n) is 11.3. The van der Waals surface area contributed by atoms with Gasteiger partial charge in [-0.2, -0.15) is 5.10 Å². The van der Waals surface area contributed by atoms with E-state index < -0.39 is 5.60 Å². The summed E-state index contributed by atoms with van der Waals surface area (Å²) in [5.74, 6) is 0.959. The lowest BCUT2D eigenvalue weighted by Crippen LogP contribution is -2.34. The first-order valence-corrected chi connectivity index (χ1v) is 13.0. The van der Waals surface area contributed by atoms with Gasteiger partial charge in [0, 0.05) is 42.8 Å². The van der Waals surface area contributed by atoms with Gasteiger partial charge in [0.2, 0.25) is 11.8 Å². The van der Waals surface area contributed by atoms with E-state index in [-0.39, 0.29) is 23.7 Å². The summed E-state index contributed by atoms with van der Waals surface area (Å²) in [5.41, 5.74) is 2.60. The standard InChI is InChI=1S/C29H35N5O3/c1-28(2,37)10-13-33-19-22(18-31-33)21-6-4-5-20(15-21)16-26(35)32-25-17-24(9-12-30-25)34-14-11-29(3,27(34)36)23-7-8-23/h4-6,9,12,15,17-19,23,37H,7-8,10-11,13-14,16H2,1-3H3,(H,30,32,35)/t29-/m0/s1. The minimum atomic E-state index is -0.741. The Morgan fingerprint density at radius 2 is 2.03 bits per heavy atom. The Kier molecular flexibility index (Phi) is 6.62. The fourth-order valence-electron chi connectivity index (χ4n) is 5.12. The molecule has 8 nitrogen and oxygen atoms in total. The van der Waals surface area contributed by atoms with Crippen LogP contribution >= 0.6 is 0 Å². The first-order valence-electron chi connectivity index (χ1n) is 13.0. The molecular weight excluding hydrogens is 466 g/mol. The van der Waals surface area contributed by atoms with E-state index in [1.165, 1.54) is 0 Å². The van der Waals surface area contributed by atoms with E-state index in [0.29, 0.717) is 31.2 Å². The van der Waals surface area contributed by atoms with Gasteiger partial charge in [-0.25, -0.2) is 4.98 Å². The van der Waals surface area contributed by atoms with Gasteiger partial charge in [0.25, 0.3) is 0 Å². The van der Waals surface area contributed by atoms with Crippen molar-refractivity contribution >= 4 is 23.3 Å². The van der Waals surface area contributed by atoms with Gasteiger partial charge in [0.05, 0.1) is 23.6 Å². The number of nitrogens with zero attached hydrogens (tertiary/aromatic N) is 4. The Hall–Kier alpha value is -3.52. The summed E-state index contributed by atoms with van der Waals surface area (Å²) >= 11 is 0. The highest BCUT2D eigenvalue weighted by Gasteiger charge is 2.52. The molecule has 0 bridgehead atoms. The summed E-state index contributed by atoms with van der Waals surface area (Å²) < 4.78 is 1.82. The van der Waals surface area contributed by atoms with Crippen LogP contribution in [0.4, 0.5) is 11.5 Å². The van der Waals surface area contributed by atoms with Gasteiger partial charge < -0.3 is 15.3 Å². The molecule has 1 aromatic carbocycles. The SMILES string of the molecule is CC(C)(O)CCn1cc(-c2cccc(CC(=O)Nc3cc(N4CC[C@@](C)(C5CC5)C4=O)ccn3)c2)cn1. The topological polar surface area (TPSA) is 100 Å². The summed E-state index contributed by atoms with van der Waals surface area (Å²) in [4.78, 5) is 32.1. The number of benzene rings is 1. The van der Waals surface area contributed by atoms with Crippen molar-refractivity contribution in [3.63, 3.8) is 0 Å². The number of hydrogen-bond acceptors (Lipinski definition) is 5. The summed E-state index contributed by atoms with van der Waals surface area (Å²) in [5, 5.41) is 17.2. The molecular formula is C29H35N5O3. The molecule has 3 aromatic rings.